The highest BCUT2D eigenvalue weighted by Crippen LogP contribution is 2.24. The summed E-state index contributed by atoms with van der Waals surface area (Å²) in [7, 11) is -2.79. The maximum absolute atomic E-state index is 10.2. The highest BCUT2D eigenvalue weighted by Gasteiger charge is 2.27. The van der Waals surface area contributed by atoms with E-state index in [1.165, 1.54) is 11.8 Å². The second-order valence-corrected chi connectivity index (χ2v) is 5.58. The molecule has 7 heteroatoms. The van der Waals surface area contributed by atoms with Crippen molar-refractivity contribution in [1.82, 2.24) is 0 Å². The number of hydrogen-bond acceptors (Lipinski definition) is 5. The van der Waals surface area contributed by atoms with E-state index in [-0.39, 0.29) is 5.94 Å². The lowest BCUT2D eigenvalue weighted by molar-refractivity contribution is -0.259. The monoisotopic (exact) mass is 256 g/mol. The highest BCUT2D eigenvalue weighted by atomic mass is 32.2. The van der Waals surface area contributed by atoms with E-state index in [2.05, 4.69) is 4.52 Å². The van der Waals surface area contributed by atoms with Gasteiger partial charge in [0.05, 0.1) is 13.2 Å². The molecule has 90 valence electrons. The van der Waals surface area contributed by atoms with Crippen molar-refractivity contribution in [2.75, 3.05) is 24.9 Å². The van der Waals surface area contributed by atoms with Gasteiger partial charge in [-0.2, -0.15) is 0 Å². The Kier molecular flexibility index (Phi) is 5.60. The molecule has 15 heavy (non-hydrogen) atoms. The molecule has 0 aromatic heterocycles. The van der Waals surface area contributed by atoms with Crippen LogP contribution in [0.25, 0.3) is 0 Å². The van der Waals surface area contributed by atoms with E-state index in [0.29, 0.717) is 19.1 Å². The van der Waals surface area contributed by atoms with Crippen LogP contribution in [0, 0.1) is 5.92 Å². The molecule has 0 amide bonds. The van der Waals surface area contributed by atoms with Crippen molar-refractivity contribution in [3.63, 3.8) is 0 Å². The zero-order chi connectivity index (χ0) is 11.3. The van der Waals surface area contributed by atoms with E-state index in [1.54, 1.807) is 0 Å². The number of hydrogen-bond donors (Lipinski definition) is 1. The van der Waals surface area contributed by atoms with Crippen LogP contribution in [0.5, 0.6) is 0 Å². The van der Waals surface area contributed by atoms with Gasteiger partial charge in [-0.25, -0.2) is 0 Å². The predicted molar refractivity (Wildman–Crippen MR) is 59.1 cm³/mol. The molecule has 1 aliphatic heterocycles. The van der Waals surface area contributed by atoms with Gasteiger partial charge in [-0.1, -0.05) is 0 Å². The molecule has 5 nitrogen and oxygen atoms in total. The standard InChI is InChI=1S/C8H17O5PS/c1-8(2)11-3-7(4-12-8)5-15-6-13-14(9)10/h7,14H,3-6H2,1-2H3,(H,9,10). The van der Waals surface area contributed by atoms with Gasteiger partial charge in [-0.05, 0) is 13.8 Å². The van der Waals surface area contributed by atoms with Gasteiger partial charge in [0.15, 0.2) is 5.79 Å². The summed E-state index contributed by atoms with van der Waals surface area (Å²) in [4.78, 5) is 8.42. The van der Waals surface area contributed by atoms with Gasteiger partial charge in [0.2, 0.25) is 0 Å². The third-order valence-corrected chi connectivity index (χ3v) is 3.54. The number of rotatable bonds is 5. The quantitative estimate of drug-likeness (QED) is 0.456. The van der Waals surface area contributed by atoms with Crippen molar-refractivity contribution >= 4 is 20.0 Å². The van der Waals surface area contributed by atoms with Crippen LogP contribution >= 0.6 is 20.0 Å². The second-order valence-electron chi connectivity index (χ2n) is 3.79. The normalized spacial score (nSPS) is 23.9. The van der Waals surface area contributed by atoms with Gasteiger partial charge < -0.3 is 14.4 Å². The minimum absolute atomic E-state index is 0.244. The van der Waals surface area contributed by atoms with Gasteiger partial charge in [0.1, 0.15) is 5.94 Å². The second kappa shape index (κ2) is 6.23. The Morgan fingerprint density at radius 1 is 1.53 bits per heavy atom. The largest absolute Gasteiger partial charge is 0.350 e. The maximum atomic E-state index is 10.2. The van der Waals surface area contributed by atoms with Crippen LogP contribution in [0.3, 0.4) is 0 Å². The molecule has 1 aliphatic rings. The molecule has 0 saturated carbocycles. The van der Waals surface area contributed by atoms with Gasteiger partial charge in [-0.3, -0.25) is 9.09 Å². The summed E-state index contributed by atoms with van der Waals surface area (Å²) in [5.41, 5.74) is 0. The van der Waals surface area contributed by atoms with Crippen LogP contribution in [0.2, 0.25) is 0 Å². The zero-order valence-electron chi connectivity index (χ0n) is 8.89. The number of thioether (sulfide) groups is 1. The van der Waals surface area contributed by atoms with Crippen LogP contribution in [0.1, 0.15) is 13.8 Å². The molecule has 0 radical (unpaired) electrons. The predicted octanol–water partition coefficient (Wildman–Crippen LogP) is 1.47. The molecule has 0 aromatic rings. The average Bonchev–Trinajstić information content (AvgIpc) is 2.14. The minimum Gasteiger partial charge on any atom is -0.350 e. The van der Waals surface area contributed by atoms with E-state index in [9.17, 15) is 4.57 Å². The van der Waals surface area contributed by atoms with Gasteiger partial charge >= 0.3 is 8.25 Å². The Morgan fingerprint density at radius 2 is 2.13 bits per heavy atom. The fourth-order valence-electron chi connectivity index (χ4n) is 1.13. The van der Waals surface area contributed by atoms with Crippen molar-refractivity contribution in [2.45, 2.75) is 19.6 Å². The molecule has 1 atom stereocenters. The van der Waals surface area contributed by atoms with Crippen molar-refractivity contribution in [3.8, 4) is 0 Å². The summed E-state index contributed by atoms with van der Waals surface area (Å²) in [5.74, 6) is 0.903. The number of ether oxygens (including phenoxy) is 2. The van der Waals surface area contributed by atoms with Crippen molar-refractivity contribution in [2.24, 2.45) is 5.92 Å². The van der Waals surface area contributed by atoms with Gasteiger partial charge in [0, 0.05) is 11.7 Å². The highest BCUT2D eigenvalue weighted by molar-refractivity contribution is 7.99. The lowest BCUT2D eigenvalue weighted by atomic mass is 10.2. The molecule has 1 N–H and O–H groups in total. The summed E-state index contributed by atoms with van der Waals surface area (Å²) < 4.78 is 25.7. The molecule has 1 unspecified atom stereocenters. The first-order chi connectivity index (χ1) is 6.99. The average molecular weight is 256 g/mol. The third-order valence-electron chi connectivity index (χ3n) is 1.95. The van der Waals surface area contributed by atoms with E-state index >= 15 is 0 Å². The van der Waals surface area contributed by atoms with Crippen LogP contribution in [0.4, 0.5) is 0 Å². The minimum atomic E-state index is -2.79. The Morgan fingerprint density at radius 3 is 2.67 bits per heavy atom. The van der Waals surface area contributed by atoms with Gasteiger partial charge in [0.25, 0.3) is 0 Å². The summed E-state index contributed by atoms with van der Waals surface area (Å²) in [6.07, 6.45) is 0. The maximum Gasteiger partial charge on any atom is 0.317 e. The van der Waals surface area contributed by atoms with E-state index < -0.39 is 14.0 Å². The first-order valence-electron chi connectivity index (χ1n) is 4.71. The Labute approximate surface area is 94.4 Å². The first-order valence-corrected chi connectivity index (χ1v) is 7.13. The topological polar surface area (TPSA) is 65.0 Å². The van der Waals surface area contributed by atoms with Crippen molar-refractivity contribution in [1.29, 1.82) is 0 Å². The lowest BCUT2D eigenvalue weighted by Crippen LogP contribution is -2.40. The molecule has 1 saturated heterocycles. The molecule has 1 fully saturated rings. The summed E-state index contributed by atoms with van der Waals surface area (Å²) in [6.45, 7) is 5.09. The van der Waals surface area contributed by atoms with Gasteiger partial charge in [-0.15, -0.1) is 11.8 Å². The summed E-state index contributed by atoms with van der Waals surface area (Å²) in [6, 6.07) is 0. The Hall–Kier alpha value is 0.420. The SMILES string of the molecule is CC1(C)OCC(CSCO[PH](=O)O)CO1. The molecule has 0 aromatic carbocycles. The molecular formula is C8H17O5PS. The fourth-order valence-corrected chi connectivity index (χ4v) is 2.49. The molecular weight excluding hydrogens is 239 g/mol. The summed E-state index contributed by atoms with van der Waals surface area (Å²) in [5, 5.41) is 0. The Balaban J connectivity index is 2.06. The molecule has 0 bridgehead atoms. The summed E-state index contributed by atoms with van der Waals surface area (Å²) >= 11 is 1.47. The molecule has 1 heterocycles. The molecule has 0 aliphatic carbocycles. The molecule has 0 spiro atoms. The molecule has 1 rings (SSSR count). The zero-order valence-corrected chi connectivity index (χ0v) is 10.7. The van der Waals surface area contributed by atoms with Crippen molar-refractivity contribution in [3.05, 3.63) is 0 Å². The van der Waals surface area contributed by atoms with Crippen LogP contribution in [-0.2, 0) is 18.6 Å². The van der Waals surface area contributed by atoms with Crippen LogP contribution in [0.15, 0.2) is 0 Å². The van der Waals surface area contributed by atoms with Crippen molar-refractivity contribution < 1.29 is 23.5 Å². The third kappa shape index (κ3) is 5.90. The van der Waals surface area contributed by atoms with E-state index in [0.717, 1.165) is 5.75 Å². The van der Waals surface area contributed by atoms with Crippen LogP contribution < -0.4 is 0 Å². The van der Waals surface area contributed by atoms with Crippen LogP contribution in [-0.4, -0.2) is 35.6 Å². The first kappa shape index (κ1) is 13.5. The smallest absolute Gasteiger partial charge is 0.317 e. The lowest BCUT2D eigenvalue weighted by Gasteiger charge is -2.34. The Bertz CT molecular complexity index is 213. The fraction of sp³-hybridized carbons (Fsp3) is 1.00. The van der Waals surface area contributed by atoms with E-state index in [1.807, 2.05) is 13.8 Å². The van der Waals surface area contributed by atoms with E-state index in [4.69, 9.17) is 14.4 Å².